The van der Waals surface area contributed by atoms with Gasteiger partial charge in [-0.1, -0.05) is 90.1 Å². The number of fused-ring (bicyclic) bond motifs is 1. The predicted octanol–water partition coefficient (Wildman–Crippen LogP) is 11.6. The van der Waals surface area contributed by atoms with Crippen LogP contribution in [0.1, 0.15) is 95.1 Å². The van der Waals surface area contributed by atoms with Crippen molar-refractivity contribution in [1.29, 1.82) is 0 Å². The minimum absolute atomic E-state index is 0. The third-order valence-electron chi connectivity index (χ3n) is 7.66. The van der Waals surface area contributed by atoms with Crippen molar-refractivity contribution in [2.24, 2.45) is 10.9 Å². The number of furan rings is 1. The fourth-order valence-electron chi connectivity index (χ4n) is 5.74. The van der Waals surface area contributed by atoms with Crippen molar-refractivity contribution < 1.29 is 17.9 Å². The molecule has 0 saturated heterocycles. The van der Waals surface area contributed by atoms with Gasteiger partial charge in [-0.3, -0.25) is 0 Å². The maximum absolute atomic E-state index is 14.6. The number of methoxy groups -OCH3 is 1. The Morgan fingerprint density at radius 3 is 2.07 bits per heavy atom. The molecule has 0 N–H and O–H groups in total. The minimum Gasteiger partial charge on any atom is -0.463 e. The summed E-state index contributed by atoms with van der Waals surface area (Å²) < 4.78 is 41.3. The fourth-order valence-corrected chi connectivity index (χ4v) is 5.74. The summed E-state index contributed by atoms with van der Waals surface area (Å²) in [5.41, 5.74) is 3.49. The average molecular weight is 702 g/mol. The van der Waals surface area contributed by atoms with E-state index in [0.29, 0.717) is 30.1 Å². The van der Waals surface area contributed by atoms with Gasteiger partial charge in [-0.05, 0) is 72.2 Å². The molecule has 43 heavy (non-hydrogen) atoms. The summed E-state index contributed by atoms with van der Waals surface area (Å²) in [5.74, 6) is -0.346. The molecule has 0 fully saturated rings. The van der Waals surface area contributed by atoms with Crippen LogP contribution in [0.25, 0.3) is 0 Å². The molecule has 0 aliphatic carbocycles. The Balaban J connectivity index is 0.00000124. The smallest absolute Gasteiger partial charge is 0.148 e. The summed E-state index contributed by atoms with van der Waals surface area (Å²) in [5, 5.41) is 0. The zero-order chi connectivity index (χ0) is 30.7. The van der Waals surface area contributed by atoms with E-state index in [4.69, 9.17) is 14.1 Å². The van der Waals surface area contributed by atoms with E-state index in [-0.39, 0.29) is 35.8 Å². The highest BCUT2D eigenvalue weighted by Gasteiger charge is 2.43. The molecule has 0 radical (unpaired) electrons. The van der Waals surface area contributed by atoms with Crippen molar-refractivity contribution in [2.75, 3.05) is 7.11 Å². The molecular weight excluding hydrogens is 655 g/mol. The number of hydrogen-bond acceptors (Lipinski definition) is 3. The van der Waals surface area contributed by atoms with Gasteiger partial charge in [-0.25, -0.2) is 13.8 Å². The van der Waals surface area contributed by atoms with E-state index in [1.54, 1.807) is 13.4 Å². The molecule has 232 valence electrons. The molecule has 3 atom stereocenters. The number of para-hydroxylation sites is 1. The van der Waals surface area contributed by atoms with Gasteiger partial charge in [0.05, 0.1) is 23.3 Å². The third-order valence-corrected chi connectivity index (χ3v) is 7.66. The van der Waals surface area contributed by atoms with Gasteiger partial charge in [-0.2, -0.15) is 0 Å². The van der Waals surface area contributed by atoms with Gasteiger partial charge in [-0.15, -0.1) is 24.0 Å². The van der Waals surface area contributed by atoms with Crippen molar-refractivity contribution in [2.45, 2.75) is 78.2 Å². The van der Waals surface area contributed by atoms with Crippen LogP contribution in [0.5, 0.6) is 0 Å². The van der Waals surface area contributed by atoms with Gasteiger partial charge < -0.3 is 9.15 Å². The predicted molar refractivity (Wildman–Crippen MR) is 185 cm³/mol. The molecule has 3 nitrogen and oxygen atoms in total. The largest absolute Gasteiger partial charge is 0.463 e. The Morgan fingerprint density at radius 1 is 0.860 bits per heavy atom. The number of aliphatic imine (C=N–C) groups is 1. The van der Waals surface area contributed by atoms with Crippen LogP contribution < -0.4 is 0 Å². The molecule has 2 heterocycles. The Labute approximate surface area is 273 Å². The molecule has 0 saturated carbocycles. The van der Waals surface area contributed by atoms with Crippen LogP contribution in [0.2, 0.25) is 0 Å². The van der Waals surface area contributed by atoms with Crippen LogP contribution in [0.4, 0.5) is 14.5 Å². The number of ether oxygens (including phenoxy) is 1. The van der Waals surface area contributed by atoms with E-state index >= 15 is 0 Å². The normalized spacial score (nSPS) is 16.7. The molecule has 6 heteroatoms. The molecule has 0 bridgehead atoms. The van der Waals surface area contributed by atoms with E-state index in [1.165, 1.54) is 12.1 Å². The minimum atomic E-state index is -0.913. The second-order valence-electron chi connectivity index (χ2n) is 10.5. The van der Waals surface area contributed by atoms with Crippen molar-refractivity contribution >= 4 is 35.4 Å². The summed E-state index contributed by atoms with van der Waals surface area (Å²) in [4.78, 5) is 5.09. The molecular formula is C37H46F2INO2. The van der Waals surface area contributed by atoms with E-state index in [0.717, 1.165) is 35.0 Å². The Bertz CT molecular complexity index is 1390. The van der Waals surface area contributed by atoms with E-state index in [2.05, 4.69) is 32.0 Å². The van der Waals surface area contributed by atoms with Crippen LogP contribution in [-0.2, 0) is 10.3 Å². The maximum Gasteiger partial charge on any atom is 0.148 e. The van der Waals surface area contributed by atoms with E-state index in [9.17, 15) is 8.78 Å². The van der Waals surface area contributed by atoms with Gasteiger partial charge in [0.25, 0.3) is 0 Å². The molecule has 5 rings (SSSR count). The van der Waals surface area contributed by atoms with Crippen molar-refractivity contribution in [3.05, 3.63) is 125 Å². The van der Waals surface area contributed by atoms with Crippen molar-refractivity contribution in [3.8, 4) is 0 Å². The first-order valence-corrected chi connectivity index (χ1v) is 15.2. The summed E-state index contributed by atoms with van der Waals surface area (Å²) in [6, 6.07) is 25.9. The fraction of sp³-hybridized carbons (Fsp3) is 0.378. The lowest BCUT2D eigenvalue weighted by Gasteiger charge is -2.41. The van der Waals surface area contributed by atoms with Crippen LogP contribution in [-0.4, -0.2) is 12.8 Å². The number of hydrogen-bond donors (Lipinski definition) is 0. The van der Waals surface area contributed by atoms with Crippen molar-refractivity contribution in [1.82, 2.24) is 0 Å². The van der Waals surface area contributed by atoms with Crippen LogP contribution in [0.3, 0.4) is 0 Å². The Hall–Kier alpha value is -2.84. The quantitative estimate of drug-likeness (QED) is 0.163. The molecule has 1 aliphatic heterocycles. The van der Waals surface area contributed by atoms with Gasteiger partial charge in [0.2, 0.25) is 0 Å². The van der Waals surface area contributed by atoms with Crippen LogP contribution in [0, 0.1) is 17.6 Å². The van der Waals surface area contributed by atoms with Gasteiger partial charge in [0, 0.05) is 25.0 Å². The highest BCUT2D eigenvalue weighted by atomic mass is 127. The first-order valence-electron chi connectivity index (χ1n) is 15.2. The first kappa shape index (κ1) is 36.4. The average Bonchev–Trinajstić information content (AvgIpc) is 3.56. The number of nitrogens with zero attached hydrogens (tertiary/aromatic N) is 1. The Kier molecular flexibility index (Phi) is 14.8. The highest BCUT2D eigenvalue weighted by Crippen LogP contribution is 2.51. The lowest BCUT2D eigenvalue weighted by atomic mass is 9.68. The number of rotatable bonds is 9. The summed E-state index contributed by atoms with van der Waals surface area (Å²) >= 11 is 0. The van der Waals surface area contributed by atoms with Crippen molar-refractivity contribution in [3.63, 3.8) is 0 Å². The number of benzene rings is 3. The molecule has 1 aromatic heterocycles. The first-order chi connectivity index (χ1) is 20.4. The van der Waals surface area contributed by atoms with Gasteiger partial charge in [0.15, 0.2) is 0 Å². The van der Waals surface area contributed by atoms with E-state index < -0.39 is 17.2 Å². The van der Waals surface area contributed by atoms with E-state index in [1.807, 2.05) is 76.2 Å². The monoisotopic (exact) mass is 701 g/mol. The SMILES string of the molecule is CC.CC.COC(CCC(C)C)(CC1c2ccccc2N=C(c2ccco2)C1c1ccccc1)c1cc(F)cc(F)c1.I. The standard InChI is InChI=1S/C33H33F2NO2.2C2H6.HI/c1-22(2)15-16-33(37-3,24-18-25(34)20-26(35)19-24)21-28-27-12-7-8-13-29(27)36-32(30-14-9-17-38-30)31(28)23-10-5-4-6-11-23;2*1-2;/h4-14,17-20,22,28,31H,15-16,21H2,1-3H3;2*1-2H3;1H. The lowest BCUT2D eigenvalue weighted by molar-refractivity contribution is -0.0398. The van der Waals surface area contributed by atoms with Gasteiger partial charge in [0.1, 0.15) is 17.4 Å². The number of halogens is 3. The second-order valence-corrected chi connectivity index (χ2v) is 10.5. The Morgan fingerprint density at radius 2 is 1.49 bits per heavy atom. The third kappa shape index (κ3) is 8.63. The topological polar surface area (TPSA) is 34.7 Å². The lowest BCUT2D eigenvalue weighted by Crippen LogP contribution is -2.35. The summed E-state index contributed by atoms with van der Waals surface area (Å²) in [6.45, 7) is 12.3. The van der Waals surface area contributed by atoms with Gasteiger partial charge >= 0.3 is 0 Å². The molecule has 0 spiro atoms. The zero-order valence-corrected chi connectivity index (χ0v) is 28.8. The zero-order valence-electron chi connectivity index (χ0n) is 26.4. The van der Waals surface area contributed by atoms with Crippen LogP contribution >= 0.6 is 24.0 Å². The second kappa shape index (κ2) is 17.5. The molecule has 3 aromatic carbocycles. The molecule has 4 aromatic rings. The molecule has 3 unspecified atom stereocenters. The molecule has 1 aliphatic rings. The highest BCUT2D eigenvalue weighted by molar-refractivity contribution is 14.0. The summed E-state index contributed by atoms with van der Waals surface area (Å²) in [6.07, 6.45) is 3.63. The maximum atomic E-state index is 14.6. The summed E-state index contributed by atoms with van der Waals surface area (Å²) in [7, 11) is 1.65. The molecule has 0 amide bonds. The van der Waals surface area contributed by atoms with Crippen LogP contribution in [0.15, 0.2) is 101 Å².